The second kappa shape index (κ2) is 6.49. The summed E-state index contributed by atoms with van der Waals surface area (Å²) in [5.74, 6) is -1.84. The van der Waals surface area contributed by atoms with Gasteiger partial charge in [-0.05, 0) is 18.6 Å². The van der Waals surface area contributed by atoms with Crippen LogP contribution < -0.4 is 4.90 Å². The Morgan fingerprint density at radius 1 is 1.10 bits per heavy atom. The minimum absolute atomic E-state index is 0.0596. The van der Waals surface area contributed by atoms with Crippen molar-refractivity contribution in [2.75, 3.05) is 24.5 Å². The zero-order chi connectivity index (χ0) is 21.2. The van der Waals surface area contributed by atoms with Crippen LogP contribution in [0, 0.1) is 11.6 Å². The minimum Gasteiger partial charge on any atom is -0.493 e. The van der Waals surface area contributed by atoms with Crippen LogP contribution in [0.5, 0.6) is 5.88 Å². The number of benzene rings is 1. The number of hydrogen-bond donors (Lipinski definition) is 1. The van der Waals surface area contributed by atoms with Crippen molar-refractivity contribution in [2.45, 2.75) is 24.7 Å². The third-order valence-electron chi connectivity index (χ3n) is 5.44. The first kappa shape index (κ1) is 19.0. The van der Waals surface area contributed by atoms with Gasteiger partial charge < -0.3 is 10.0 Å². The molecule has 2 aliphatic heterocycles. The number of anilines is 1. The van der Waals surface area contributed by atoms with Crippen molar-refractivity contribution in [3.05, 3.63) is 36.0 Å². The summed E-state index contributed by atoms with van der Waals surface area (Å²) in [6.45, 7) is -0.580. The van der Waals surface area contributed by atoms with E-state index in [1.165, 1.54) is 17.2 Å². The Bertz CT molecular complexity index is 1120. The molecule has 2 aliphatic rings. The molecular formula is C18H15F5N6O. The number of alkyl halides is 3. The van der Waals surface area contributed by atoms with Crippen molar-refractivity contribution >= 4 is 17.0 Å². The molecule has 2 bridgehead atoms. The highest BCUT2D eigenvalue weighted by atomic mass is 19.4. The van der Waals surface area contributed by atoms with Crippen molar-refractivity contribution in [1.29, 1.82) is 0 Å². The van der Waals surface area contributed by atoms with E-state index in [-0.39, 0.29) is 53.7 Å². The first-order chi connectivity index (χ1) is 14.2. The van der Waals surface area contributed by atoms with Crippen LogP contribution in [0.1, 0.15) is 6.42 Å². The number of aromatic nitrogens is 4. The van der Waals surface area contributed by atoms with Crippen LogP contribution in [0.4, 0.5) is 27.9 Å². The van der Waals surface area contributed by atoms with Gasteiger partial charge in [-0.25, -0.2) is 13.5 Å². The van der Waals surface area contributed by atoms with Crippen LogP contribution in [0.15, 0.2) is 24.4 Å². The molecule has 1 aromatic carbocycles. The van der Waals surface area contributed by atoms with Gasteiger partial charge in [0, 0.05) is 31.2 Å². The average Bonchev–Trinajstić information content (AvgIpc) is 3.04. The number of fused-ring (bicyclic) bond motifs is 3. The number of likely N-dealkylation sites (tertiary alicyclic amines) is 1. The lowest BCUT2D eigenvalue weighted by Crippen LogP contribution is -2.70. The number of hydrogen-bond acceptors (Lipinski definition) is 6. The first-order valence-corrected chi connectivity index (χ1v) is 9.17. The number of aromatic hydroxyl groups is 1. The Labute approximate surface area is 166 Å². The first-order valence-electron chi connectivity index (χ1n) is 9.17. The smallest absolute Gasteiger partial charge is 0.401 e. The predicted octanol–water partition coefficient (Wildman–Crippen LogP) is 2.62. The zero-order valence-electron chi connectivity index (χ0n) is 15.3. The van der Waals surface area contributed by atoms with Crippen LogP contribution in [0.25, 0.3) is 16.7 Å². The molecule has 3 aromatic rings. The van der Waals surface area contributed by atoms with E-state index in [0.717, 1.165) is 10.7 Å². The van der Waals surface area contributed by atoms with Gasteiger partial charge in [0.05, 0.1) is 12.7 Å². The molecule has 2 unspecified atom stereocenters. The van der Waals surface area contributed by atoms with Crippen LogP contribution in [-0.2, 0) is 0 Å². The standard InChI is InChI=1S/C18H15F5N6O/c19-9-1-2-14(13(20)3-9)29-15-12(5-24-29)16(30)26-17(25-15)28-10-4-11(28)7-27(6-10)8-18(21,22)23/h1-3,5,10-11H,4,6-8H2,(H,25,26,30). The van der Waals surface area contributed by atoms with E-state index in [0.29, 0.717) is 12.5 Å². The fourth-order valence-corrected chi connectivity index (χ4v) is 4.23. The van der Waals surface area contributed by atoms with Gasteiger partial charge in [-0.1, -0.05) is 0 Å². The van der Waals surface area contributed by atoms with E-state index in [1.54, 1.807) is 4.90 Å². The third kappa shape index (κ3) is 3.11. The summed E-state index contributed by atoms with van der Waals surface area (Å²) in [5, 5.41) is 14.5. The summed E-state index contributed by atoms with van der Waals surface area (Å²) in [5.41, 5.74) is 0.0516. The third-order valence-corrected chi connectivity index (χ3v) is 5.44. The molecule has 2 aromatic heterocycles. The molecule has 0 saturated carbocycles. The van der Waals surface area contributed by atoms with Gasteiger partial charge >= 0.3 is 6.18 Å². The highest BCUT2D eigenvalue weighted by Crippen LogP contribution is 2.38. The fraction of sp³-hybridized carbons (Fsp3) is 0.389. The second-order valence-corrected chi connectivity index (χ2v) is 7.50. The fourth-order valence-electron chi connectivity index (χ4n) is 4.23. The topological polar surface area (TPSA) is 70.3 Å². The highest BCUT2D eigenvalue weighted by molar-refractivity contribution is 5.82. The van der Waals surface area contributed by atoms with E-state index in [4.69, 9.17) is 0 Å². The van der Waals surface area contributed by atoms with E-state index in [2.05, 4.69) is 15.1 Å². The van der Waals surface area contributed by atoms with Crippen molar-refractivity contribution in [3.8, 4) is 11.6 Å². The van der Waals surface area contributed by atoms with E-state index in [1.807, 2.05) is 0 Å². The number of piperazine rings is 1. The van der Waals surface area contributed by atoms with Crippen LogP contribution in [0.3, 0.4) is 0 Å². The molecule has 5 rings (SSSR count). The molecule has 2 fully saturated rings. The number of rotatable bonds is 3. The molecular weight excluding hydrogens is 411 g/mol. The minimum atomic E-state index is -4.27. The molecule has 0 spiro atoms. The maximum atomic E-state index is 14.2. The Balaban J connectivity index is 1.49. The molecule has 12 heteroatoms. The van der Waals surface area contributed by atoms with E-state index < -0.39 is 24.4 Å². The van der Waals surface area contributed by atoms with Gasteiger partial charge in [0.15, 0.2) is 11.5 Å². The zero-order valence-corrected chi connectivity index (χ0v) is 15.3. The summed E-state index contributed by atoms with van der Waals surface area (Å²) in [4.78, 5) is 11.6. The summed E-state index contributed by atoms with van der Waals surface area (Å²) in [7, 11) is 0. The molecule has 158 valence electrons. The van der Waals surface area contributed by atoms with Gasteiger partial charge in [0.25, 0.3) is 0 Å². The Morgan fingerprint density at radius 2 is 1.83 bits per heavy atom. The van der Waals surface area contributed by atoms with Crippen LogP contribution in [0.2, 0.25) is 0 Å². The van der Waals surface area contributed by atoms with Crippen LogP contribution >= 0.6 is 0 Å². The molecule has 1 N–H and O–H groups in total. The van der Waals surface area contributed by atoms with Gasteiger partial charge in [0.1, 0.15) is 16.9 Å². The van der Waals surface area contributed by atoms with Crippen molar-refractivity contribution in [2.24, 2.45) is 0 Å². The largest absolute Gasteiger partial charge is 0.493 e. The molecule has 4 heterocycles. The van der Waals surface area contributed by atoms with Gasteiger partial charge in [-0.2, -0.15) is 28.2 Å². The molecule has 2 atom stereocenters. The van der Waals surface area contributed by atoms with Crippen molar-refractivity contribution in [1.82, 2.24) is 24.6 Å². The van der Waals surface area contributed by atoms with Crippen molar-refractivity contribution < 1.29 is 27.1 Å². The lowest BCUT2D eigenvalue weighted by atomic mass is 9.88. The van der Waals surface area contributed by atoms with E-state index >= 15 is 0 Å². The normalized spacial score (nSPS) is 21.8. The van der Waals surface area contributed by atoms with Gasteiger partial charge in [-0.15, -0.1) is 0 Å². The number of nitrogens with zero attached hydrogens (tertiary/aromatic N) is 6. The molecule has 0 radical (unpaired) electrons. The predicted molar refractivity (Wildman–Crippen MR) is 95.4 cm³/mol. The molecule has 0 aliphatic carbocycles. The van der Waals surface area contributed by atoms with Gasteiger partial charge in [-0.3, -0.25) is 4.90 Å². The molecule has 2 saturated heterocycles. The molecule has 0 amide bonds. The SMILES string of the molecule is Oc1nc(N2C3CC2CN(CC(F)(F)F)C3)nc2c1cnn2-c1ccc(F)cc1F. The number of piperidine rings is 1. The molecule has 7 nitrogen and oxygen atoms in total. The Kier molecular flexibility index (Phi) is 4.10. The van der Waals surface area contributed by atoms with Gasteiger partial charge in [0.2, 0.25) is 11.8 Å². The van der Waals surface area contributed by atoms with Crippen LogP contribution in [-0.4, -0.2) is 67.6 Å². The Morgan fingerprint density at radius 3 is 2.50 bits per heavy atom. The monoisotopic (exact) mass is 426 g/mol. The van der Waals surface area contributed by atoms with E-state index in [9.17, 15) is 27.1 Å². The summed E-state index contributed by atoms with van der Waals surface area (Å²) >= 11 is 0. The quantitative estimate of drug-likeness (QED) is 0.650. The summed E-state index contributed by atoms with van der Waals surface area (Å²) in [6, 6.07) is 2.54. The Hall–Kier alpha value is -3.02. The highest BCUT2D eigenvalue weighted by Gasteiger charge is 2.48. The maximum Gasteiger partial charge on any atom is 0.401 e. The average molecular weight is 426 g/mol. The number of halogens is 5. The summed E-state index contributed by atoms with van der Waals surface area (Å²) in [6.07, 6.45) is -2.31. The maximum absolute atomic E-state index is 14.2. The van der Waals surface area contributed by atoms with Crippen molar-refractivity contribution in [3.63, 3.8) is 0 Å². The molecule has 30 heavy (non-hydrogen) atoms. The second-order valence-electron chi connectivity index (χ2n) is 7.50. The lowest BCUT2D eigenvalue weighted by Gasteiger charge is -2.56. The lowest BCUT2D eigenvalue weighted by molar-refractivity contribution is -0.151. The summed E-state index contributed by atoms with van der Waals surface area (Å²) < 4.78 is 66.6.